The minimum atomic E-state index is -3.73. The van der Waals surface area contributed by atoms with Gasteiger partial charge in [-0.25, -0.2) is 13.1 Å². The Morgan fingerprint density at radius 3 is 2.47 bits per heavy atom. The van der Waals surface area contributed by atoms with Gasteiger partial charge in [-0.3, -0.25) is 14.4 Å². The number of alkyl halides is 1. The summed E-state index contributed by atoms with van der Waals surface area (Å²) in [6.07, 6.45) is 4.28. The van der Waals surface area contributed by atoms with Crippen LogP contribution >= 0.6 is 11.6 Å². The molecule has 1 aromatic carbocycles. The van der Waals surface area contributed by atoms with Crippen molar-refractivity contribution >= 4 is 44.1 Å². The summed E-state index contributed by atoms with van der Waals surface area (Å²) in [5.74, 6) is -0.132. The summed E-state index contributed by atoms with van der Waals surface area (Å²) in [6, 6.07) is 4.58. The standard InChI is InChI=1S/C26H37ClN6O4S/c1-17-12-31(13-18(2)32(17)20-15-37-16-20)23-8-21(38(35,36)29-26(3)5-6-26)9-24-22(23)11-28-33(24)19-4-7-30(14-19)25(34)10-27/h8-9,11,17-20,29H,4-7,10,12-16H2,1-3H3/t17-,18+,19?. The minimum absolute atomic E-state index is 0.0345. The number of carbonyl (C=O) groups excluding carboxylic acids is 1. The second kappa shape index (κ2) is 9.62. The van der Waals surface area contributed by atoms with Crippen molar-refractivity contribution in [3.05, 3.63) is 18.3 Å². The lowest BCUT2D eigenvalue weighted by molar-refractivity contribution is -0.127. The van der Waals surface area contributed by atoms with E-state index < -0.39 is 10.0 Å². The van der Waals surface area contributed by atoms with Crippen LogP contribution in [0.3, 0.4) is 0 Å². The van der Waals surface area contributed by atoms with Gasteiger partial charge in [-0.1, -0.05) is 0 Å². The molecule has 4 aliphatic rings. The van der Waals surface area contributed by atoms with E-state index >= 15 is 0 Å². The molecule has 1 aliphatic carbocycles. The van der Waals surface area contributed by atoms with Gasteiger partial charge in [0.1, 0.15) is 5.88 Å². The Balaban J connectivity index is 1.39. The fraction of sp³-hybridized carbons (Fsp3) is 0.692. The number of rotatable bonds is 7. The van der Waals surface area contributed by atoms with Gasteiger partial charge in [0.05, 0.1) is 41.9 Å². The zero-order chi connectivity index (χ0) is 26.8. The molecule has 1 amide bonds. The van der Waals surface area contributed by atoms with Gasteiger partial charge in [0.2, 0.25) is 15.9 Å². The molecule has 208 valence electrons. The molecule has 6 rings (SSSR count). The molecule has 1 N–H and O–H groups in total. The van der Waals surface area contributed by atoms with Crippen LogP contribution < -0.4 is 9.62 Å². The van der Waals surface area contributed by atoms with Crippen LogP contribution in [0.25, 0.3) is 10.9 Å². The second-order valence-electron chi connectivity index (χ2n) is 11.8. The molecule has 0 radical (unpaired) electrons. The van der Waals surface area contributed by atoms with E-state index in [1.165, 1.54) is 0 Å². The monoisotopic (exact) mass is 564 g/mol. The van der Waals surface area contributed by atoms with Crippen LogP contribution in [-0.2, 0) is 19.6 Å². The maximum absolute atomic E-state index is 13.6. The summed E-state index contributed by atoms with van der Waals surface area (Å²) >= 11 is 5.80. The molecule has 1 saturated carbocycles. The fourth-order valence-electron chi connectivity index (χ4n) is 6.38. The predicted molar refractivity (Wildman–Crippen MR) is 146 cm³/mol. The third-order valence-corrected chi connectivity index (χ3v) is 10.6. The highest BCUT2D eigenvalue weighted by molar-refractivity contribution is 7.89. The molecule has 3 atom stereocenters. The number of ether oxygens (including phenoxy) is 1. The van der Waals surface area contributed by atoms with E-state index in [9.17, 15) is 13.2 Å². The minimum Gasteiger partial charge on any atom is -0.378 e. The van der Waals surface area contributed by atoms with Gasteiger partial charge in [0, 0.05) is 54.9 Å². The Morgan fingerprint density at radius 1 is 1.16 bits per heavy atom. The van der Waals surface area contributed by atoms with Crippen molar-refractivity contribution in [2.24, 2.45) is 0 Å². The van der Waals surface area contributed by atoms with Crippen LogP contribution in [0, 0.1) is 0 Å². The van der Waals surface area contributed by atoms with Crippen molar-refractivity contribution in [3.8, 4) is 0 Å². The number of hydrogen-bond donors (Lipinski definition) is 1. The smallest absolute Gasteiger partial charge is 0.241 e. The first kappa shape index (κ1) is 26.3. The van der Waals surface area contributed by atoms with Crippen molar-refractivity contribution in [1.29, 1.82) is 0 Å². The Kier molecular flexibility index (Phi) is 6.66. The van der Waals surface area contributed by atoms with E-state index in [0.29, 0.717) is 31.2 Å². The molecule has 3 aliphatic heterocycles. The number of benzene rings is 1. The number of piperazine rings is 1. The molecule has 10 nitrogen and oxygen atoms in total. The number of carbonyl (C=O) groups is 1. The number of nitrogens with zero attached hydrogens (tertiary/aromatic N) is 5. The van der Waals surface area contributed by atoms with Crippen LogP contribution in [0.1, 0.15) is 46.1 Å². The first-order valence-corrected chi connectivity index (χ1v) is 15.6. The summed E-state index contributed by atoms with van der Waals surface area (Å²) in [5, 5.41) is 5.68. The molecular weight excluding hydrogens is 528 g/mol. The molecule has 3 saturated heterocycles. The van der Waals surface area contributed by atoms with Crippen LogP contribution in [0.5, 0.6) is 0 Å². The van der Waals surface area contributed by atoms with Crippen LogP contribution in [0.4, 0.5) is 5.69 Å². The van der Waals surface area contributed by atoms with E-state index in [4.69, 9.17) is 21.4 Å². The summed E-state index contributed by atoms with van der Waals surface area (Å²) in [7, 11) is -3.73. The summed E-state index contributed by atoms with van der Waals surface area (Å²) < 4.78 is 37.4. The zero-order valence-corrected chi connectivity index (χ0v) is 23.8. The third-order valence-electron chi connectivity index (χ3n) is 8.71. The van der Waals surface area contributed by atoms with E-state index in [-0.39, 0.29) is 28.3 Å². The van der Waals surface area contributed by atoms with E-state index in [2.05, 4.69) is 28.4 Å². The molecule has 4 fully saturated rings. The van der Waals surface area contributed by atoms with E-state index in [1.807, 2.05) is 23.9 Å². The molecule has 4 heterocycles. The maximum atomic E-state index is 13.6. The molecule has 0 spiro atoms. The van der Waals surface area contributed by atoms with Crippen molar-refractivity contribution in [2.45, 2.75) is 74.6 Å². The number of anilines is 1. The molecule has 2 aromatic rings. The number of likely N-dealkylation sites (tertiary alicyclic amines) is 1. The fourth-order valence-corrected chi connectivity index (χ4v) is 8.06. The SMILES string of the molecule is C[C@@H]1CN(c2cc(S(=O)(=O)NC3(C)CC3)cc3c2cnn3C2CCN(C(=O)CCl)C2)C[C@H](C)N1C1COC1. The first-order chi connectivity index (χ1) is 18.1. The molecule has 1 aromatic heterocycles. The third kappa shape index (κ3) is 4.70. The normalized spacial score (nSPS) is 28.2. The number of amides is 1. The molecule has 1 unspecified atom stereocenters. The highest BCUT2D eigenvalue weighted by Crippen LogP contribution is 2.39. The lowest BCUT2D eigenvalue weighted by Gasteiger charge is -2.51. The average molecular weight is 565 g/mol. The van der Waals surface area contributed by atoms with E-state index in [0.717, 1.165) is 62.2 Å². The van der Waals surface area contributed by atoms with Gasteiger partial charge in [-0.05, 0) is 52.2 Å². The number of aromatic nitrogens is 2. The number of nitrogens with one attached hydrogen (secondary N) is 1. The highest BCUT2D eigenvalue weighted by Gasteiger charge is 2.42. The Labute approximate surface area is 229 Å². The lowest BCUT2D eigenvalue weighted by Crippen LogP contribution is -2.64. The van der Waals surface area contributed by atoms with Crippen molar-refractivity contribution in [2.75, 3.05) is 50.2 Å². The molecular formula is C26H37ClN6O4S. The summed E-state index contributed by atoms with van der Waals surface area (Å²) in [5.41, 5.74) is 1.30. The number of hydrogen-bond acceptors (Lipinski definition) is 7. The largest absolute Gasteiger partial charge is 0.378 e. The topological polar surface area (TPSA) is 100 Å². The Morgan fingerprint density at radius 2 is 1.87 bits per heavy atom. The van der Waals surface area contributed by atoms with Gasteiger partial charge in [0.25, 0.3) is 0 Å². The second-order valence-corrected chi connectivity index (χ2v) is 13.7. The van der Waals surface area contributed by atoms with Crippen molar-refractivity contribution in [3.63, 3.8) is 0 Å². The molecule has 0 bridgehead atoms. The first-order valence-electron chi connectivity index (χ1n) is 13.6. The van der Waals surface area contributed by atoms with Crippen LogP contribution in [-0.4, -0.2) is 103 Å². The number of halogens is 1. The van der Waals surface area contributed by atoms with Gasteiger partial charge in [-0.2, -0.15) is 5.10 Å². The summed E-state index contributed by atoms with van der Waals surface area (Å²) in [4.78, 5) is 19.1. The van der Waals surface area contributed by atoms with Gasteiger partial charge >= 0.3 is 0 Å². The molecule has 38 heavy (non-hydrogen) atoms. The Bertz CT molecular complexity index is 1330. The quantitative estimate of drug-likeness (QED) is 0.515. The van der Waals surface area contributed by atoms with Crippen molar-refractivity contribution in [1.82, 2.24) is 24.3 Å². The summed E-state index contributed by atoms with van der Waals surface area (Å²) in [6.45, 7) is 10.7. The van der Waals surface area contributed by atoms with Gasteiger partial charge < -0.3 is 14.5 Å². The number of fused-ring (bicyclic) bond motifs is 1. The van der Waals surface area contributed by atoms with Crippen LogP contribution in [0.15, 0.2) is 23.2 Å². The van der Waals surface area contributed by atoms with Gasteiger partial charge in [-0.15, -0.1) is 11.6 Å². The lowest BCUT2D eigenvalue weighted by atomic mass is 10.0. The predicted octanol–water partition coefficient (Wildman–Crippen LogP) is 2.18. The van der Waals surface area contributed by atoms with E-state index in [1.54, 1.807) is 11.0 Å². The Hall–Kier alpha value is -1.92. The zero-order valence-electron chi connectivity index (χ0n) is 22.3. The van der Waals surface area contributed by atoms with Crippen LogP contribution in [0.2, 0.25) is 0 Å². The maximum Gasteiger partial charge on any atom is 0.241 e. The molecule has 12 heteroatoms. The average Bonchev–Trinajstić information content (AvgIpc) is 3.22. The number of sulfonamides is 1. The highest BCUT2D eigenvalue weighted by atomic mass is 35.5. The van der Waals surface area contributed by atoms with Gasteiger partial charge in [0.15, 0.2) is 0 Å². The van der Waals surface area contributed by atoms with Crippen molar-refractivity contribution < 1.29 is 17.9 Å².